The lowest BCUT2D eigenvalue weighted by atomic mass is 10.1. The van der Waals surface area contributed by atoms with E-state index in [2.05, 4.69) is 19.2 Å². The van der Waals surface area contributed by atoms with Gasteiger partial charge in [-0.15, -0.1) is 0 Å². The fourth-order valence-electron chi connectivity index (χ4n) is 4.32. The first-order chi connectivity index (χ1) is 16.5. The monoisotopic (exact) mass is 450 g/mol. The molecule has 5 nitrogen and oxygen atoms in total. The van der Waals surface area contributed by atoms with E-state index >= 15 is 0 Å². The summed E-state index contributed by atoms with van der Waals surface area (Å²) in [5.74, 6) is 0.878. The molecule has 0 aromatic heterocycles. The molecule has 5 rings (SSSR count). The summed E-state index contributed by atoms with van der Waals surface area (Å²) in [6.45, 7) is 4.48. The van der Waals surface area contributed by atoms with E-state index in [1.807, 2.05) is 84.9 Å². The third kappa shape index (κ3) is 4.37. The molecule has 0 bridgehead atoms. The molecule has 5 heteroatoms. The second kappa shape index (κ2) is 9.02. The van der Waals surface area contributed by atoms with E-state index in [4.69, 9.17) is 4.74 Å². The van der Waals surface area contributed by atoms with E-state index in [0.29, 0.717) is 18.0 Å². The number of anilines is 2. The first-order valence-corrected chi connectivity index (χ1v) is 11.4. The number of rotatable bonds is 5. The first kappa shape index (κ1) is 21.7. The van der Waals surface area contributed by atoms with Crippen LogP contribution in [-0.2, 0) is 9.59 Å². The van der Waals surface area contributed by atoms with E-state index in [1.165, 1.54) is 11.1 Å². The van der Waals surface area contributed by atoms with Crippen molar-refractivity contribution in [3.63, 3.8) is 0 Å². The second-order valence-electron chi connectivity index (χ2n) is 8.77. The fourth-order valence-corrected chi connectivity index (χ4v) is 4.32. The van der Waals surface area contributed by atoms with Crippen molar-refractivity contribution in [3.05, 3.63) is 96.1 Å². The quantitative estimate of drug-likeness (QED) is 0.391. The highest BCUT2D eigenvalue weighted by Crippen LogP contribution is 2.32. The summed E-state index contributed by atoms with van der Waals surface area (Å²) in [5, 5.41) is 5.03. The Balaban J connectivity index is 1.25. The number of fused-ring (bicyclic) bond motifs is 1. The SMILES string of the molecule is Cc1ccc(Oc2ccc(NC(=O)[C@@H]3CC(=O)N(c4cccc5ccccc45)C3)cc2)cc1C. The van der Waals surface area contributed by atoms with Crippen LogP contribution in [0.4, 0.5) is 11.4 Å². The molecule has 1 aliphatic heterocycles. The summed E-state index contributed by atoms with van der Waals surface area (Å²) in [5.41, 5.74) is 3.92. The number of hydrogen-bond donors (Lipinski definition) is 1. The molecule has 1 fully saturated rings. The lowest BCUT2D eigenvalue weighted by Crippen LogP contribution is -2.28. The van der Waals surface area contributed by atoms with Crippen LogP contribution in [0.1, 0.15) is 17.5 Å². The van der Waals surface area contributed by atoms with Gasteiger partial charge in [-0.05, 0) is 72.8 Å². The molecule has 1 N–H and O–H groups in total. The Morgan fingerprint density at radius 2 is 1.62 bits per heavy atom. The lowest BCUT2D eigenvalue weighted by molar-refractivity contribution is -0.122. The van der Waals surface area contributed by atoms with Crippen molar-refractivity contribution in [2.24, 2.45) is 5.92 Å². The maximum absolute atomic E-state index is 12.9. The van der Waals surface area contributed by atoms with Gasteiger partial charge in [-0.25, -0.2) is 0 Å². The summed E-state index contributed by atoms with van der Waals surface area (Å²) < 4.78 is 5.92. The number of amides is 2. The van der Waals surface area contributed by atoms with E-state index in [0.717, 1.165) is 22.2 Å². The van der Waals surface area contributed by atoms with Crippen LogP contribution in [0.2, 0.25) is 0 Å². The maximum atomic E-state index is 12.9. The topological polar surface area (TPSA) is 58.6 Å². The highest BCUT2D eigenvalue weighted by molar-refractivity contribution is 6.08. The van der Waals surface area contributed by atoms with Crippen molar-refractivity contribution in [2.45, 2.75) is 20.3 Å². The van der Waals surface area contributed by atoms with Gasteiger partial charge in [-0.1, -0.05) is 42.5 Å². The molecule has 170 valence electrons. The molecule has 2 amide bonds. The second-order valence-corrected chi connectivity index (χ2v) is 8.77. The smallest absolute Gasteiger partial charge is 0.229 e. The Labute approximate surface area is 199 Å². The van der Waals surface area contributed by atoms with E-state index in [1.54, 1.807) is 4.90 Å². The van der Waals surface area contributed by atoms with Crippen molar-refractivity contribution in [2.75, 3.05) is 16.8 Å². The molecule has 1 atom stereocenters. The van der Waals surface area contributed by atoms with Gasteiger partial charge in [0.05, 0.1) is 11.6 Å². The van der Waals surface area contributed by atoms with Crippen molar-refractivity contribution in [1.82, 2.24) is 0 Å². The molecule has 1 saturated heterocycles. The fraction of sp³-hybridized carbons (Fsp3) is 0.172. The van der Waals surface area contributed by atoms with Crippen LogP contribution in [0.25, 0.3) is 10.8 Å². The molecule has 0 aliphatic carbocycles. The Bertz CT molecular complexity index is 1370. The highest BCUT2D eigenvalue weighted by Gasteiger charge is 2.35. The summed E-state index contributed by atoms with van der Waals surface area (Å²) in [4.78, 5) is 27.4. The summed E-state index contributed by atoms with van der Waals surface area (Å²) in [6.07, 6.45) is 0.197. The average molecular weight is 451 g/mol. The number of benzene rings is 4. The van der Waals surface area contributed by atoms with Crippen LogP contribution in [0.15, 0.2) is 84.9 Å². The molecule has 4 aromatic rings. The molecule has 1 heterocycles. The Hall–Kier alpha value is -4.12. The molecule has 0 unspecified atom stereocenters. The standard InChI is InChI=1S/C29H26N2O3/c1-19-10-13-25(16-20(19)2)34-24-14-11-23(12-15-24)30-29(33)22-17-28(32)31(18-22)27-9-5-7-21-6-3-4-8-26(21)27/h3-16,22H,17-18H2,1-2H3,(H,30,33)/t22-/m1/s1. The number of ether oxygens (including phenoxy) is 1. The van der Waals surface area contributed by atoms with Crippen molar-refractivity contribution in [3.8, 4) is 11.5 Å². The molecule has 4 aromatic carbocycles. The van der Waals surface area contributed by atoms with Gasteiger partial charge in [0.1, 0.15) is 11.5 Å². The Kier molecular flexibility index (Phi) is 5.76. The summed E-state index contributed by atoms with van der Waals surface area (Å²) in [6, 6.07) is 27.1. The minimum atomic E-state index is -0.405. The minimum Gasteiger partial charge on any atom is -0.457 e. The average Bonchev–Trinajstić information content (AvgIpc) is 3.24. The number of carbonyl (C=O) groups excluding carboxylic acids is 2. The molecular formula is C29H26N2O3. The van der Waals surface area contributed by atoms with E-state index in [9.17, 15) is 9.59 Å². The zero-order chi connectivity index (χ0) is 23.7. The number of aryl methyl sites for hydroxylation is 2. The number of nitrogens with zero attached hydrogens (tertiary/aromatic N) is 1. The van der Waals surface area contributed by atoms with Gasteiger partial charge >= 0.3 is 0 Å². The molecule has 0 radical (unpaired) electrons. The van der Waals surface area contributed by atoms with Crippen LogP contribution >= 0.6 is 0 Å². The van der Waals surface area contributed by atoms with Crippen LogP contribution in [0.3, 0.4) is 0 Å². The molecule has 1 aliphatic rings. The van der Waals surface area contributed by atoms with Gasteiger partial charge in [-0.2, -0.15) is 0 Å². The van der Waals surface area contributed by atoms with Crippen LogP contribution < -0.4 is 15.0 Å². The summed E-state index contributed by atoms with van der Waals surface area (Å²) >= 11 is 0. The van der Waals surface area contributed by atoms with Gasteiger partial charge in [0.25, 0.3) is 0 Å². The van der Waals surface area contributed by atoms with Crippen LogP contribution in [0.5, 0.6) is 11.5 Å². The van der Waals surface area contributed by atoms with Crippen molar-refractivity contribution in [1.29, 1.82) is 0 Å². The zero-order valence-electron chi connectivity index (χ0n) is 19.2. The molecule has 0 spiro atoms. The third-order valence-corrected chi connectivity index (χ3v) is 6.39. The molecule has 34 heavy (non-hydrogen) atoms. The van der Waals surface area contributed by atoms with Gasteiger partial charge < -0.3 is 15.0 Å². The van der Waals surface area contributed by atoms with E-state index < -0.39 is 5.92 Å². The van der Waals surface area contributed by atoms with Gasteiger partial charge in [-0.3, -0.25) is 9.59 Å². The van der Waals surface area contributed by atoms with Gasteiger partial charge in [0, 0.05) is 24.0 Å². The Morgan fingerprint density at radius 3 is 2.41 bits per heavy atom. The minimum absolute atomic E-state index is 0.0337. The van der Waals surface area contributed by atoms with Crippen molar-refractivity contribution < 1.29 is 14.3 Å². The van der Waals surface area contributed by atoms with Crippen molar-refractivity contribution >= 4 is 34.0 Å². The molecule has 0 saturated carbocycles. The zero-order valence-corrected chi connectivity index (χ0v) is 19.2. The largest absolute Gasteiger partial charge is 0.457 e. The predicted octanol–water partition coefficient (Wildman–Crippen LogP) is 6.24. The summed E-state index contributed by atoms with van der Waals surface area (Å²) in [7, 11) is 0. The number of nitrogens with one attached hydrogen (secondary N) is 1. The maximum Gasteiger partial charge on any atom is 0.229 e. The van der Waals surface area contributed by atoms with Gasteiger partial charge in [0.2, 0.25) is 11.8 Å². The third-order valence-electron chi connectivity index (χ3n) is 6.39. The number of hydrogen-bond acceptors (Lipinski definition) is 3. The van der Waals surface area contributed by atoms with Crippen LogP contribution in [0, 0.1) is 19.8 Å². The van der Waals surface area contributed by atoms with E-state index in [-0.39, 0.29) is 18.2 Å². The highest BCUT2D eigenvalue weighted by atomic mass is 16.5. The first-order valence-electron chi connectivity index (χ1n) is 11.4. The molecular weight excluding hydrogens is 424 g/mol. The normalized spacial score (nSPS) is 15.5. The predicted molar refractivity (Wildman–Crippen MR) is 135 cm³/mol. The number of carbonyl (C=O) groups is 2. The lowest BCUT2D eigenvalue weighted by Gasteiger charge is -2.19. The van der Waals surface area contributed by atoms with Gasteiger partial charge in [0.15, 0.2) is 0 Å². The van der Waals surface area contributed by atoms with Crippen LogP contribution in [-0.4, -0.2) is 18.4 Å². The Morgan fingerprint density at radius 1 is 0.882 bits per heavy atom.